The molecule has 0 saturated carbocycles. The van der Waals surface area contributed by atoms with E-state index in [0.717, 1.165) is 10.2 Å². The number of hydrogen-bond acceptors (Lipinski definition) is 7. The Labute approximate surface area is 187 Å². The lowest BCUT2D eigenvalue weighted by molar-refractivity contribution is 0.00527. The molecule has 0 aliphatic rings. The number of aromatic nitrogens is 7. The first-order valence-electron chi connectivity index (χ1n) is 10.0. The smallest absolute Gasteiger partial charge is 0.305 e. The summed E-state index contributed by atoms with van der Waals surface area (Å²) in [4.78, 5) is 25.7. The third-order valence-electron chi connectivity index (χ3n) is 4.87. The van der Waals surface area contributed by atoms with Crippen LogP contribution in [0, 0.1) is 6.92 Å². The first-order chi connectivity index (χ1) is 15.7. The third-order valence-corrected chi connectivity index (χ3v) is 4.87. The first-order valence-corrected chi connectivity index (χ1v) is 10.0. The number of halogens is 2. The largest absolute Gasteiger partial charge is 0.344 e. The van der Waals surface area contributed by atoms with Crippen molar-refractivity contribution < 1.29 is 13.6 Å². The van der Waals surface area contributed by atoms with Gasteiger partial charge in [0.15, 0.2) is 0 Å². The molecule has 0 fully saturated rings. The summed E-state index contributed by atoms with van der Waals surface area (Å²) in [5.74, 6) is -4.36. The van der Waals surface area contributed by atoms with E-state index in [-0.39, 0.29) is 11.3 Å². The second kappa shape index (κ2) is 8.77. The van der Waals surface area contributed by atoms with E-state index in [1.54, 1.807) is 37.5 Å². The number of pyridine rings is 1. The number of rotatable bonds is 6. The summed E-state index contributed by atoms with van der Waals surface area (Å²) in [6, 6.07) is 7.91. The summed E-state index contributed by atoms with van der Waals surface area (Å²) in [5, 5.41) is 13.4. The van der Waals surface area contributed by atoms with Gasteiger partial charge in [-0.1, -0.05) is 6.07 Å². The highest BCUT2D eigenvalue weighted by molar-refractivity contribution is 5.96. The van der Waals surface area contributed by atoms with Crippen LogP contribution in [-0.4, -0.2) is 41.1 Å². The van der Waals surface area contributed by atoms with Gasteiger partial charge in [0.25, 0.3) is 5.91 Å². The summed E-state index contributed by atoms with van der Waals surface area (Å²) in [6.07, 6.45) is 6.31. The van der Waals surface area contributed by atoms with Gasteiger partial charge >= 0.3 is 5.92 Å². The molecule has 11 heteroatoms. The zero-order valence-electron chi connectivity index (χ0n) is 18.1. The molecule has 1 aromatic carbocycles. The Morgan fingerprint density at radius 2 is 1.94 bits per heavy atom. The fourth-order valence-corrected chi connectivity index (χ4v) is 3.17. The van der Waals surface area contributed by atoms with Crippen LogP contribution in [0.25, 0.3) is 16.9 Å². The van der Waals surface area contributed by atoms with Crippen LogP contribution in [0.4, 0.5) is 8.78 Å². The number of hydrogen-bond donors (Lipinski definition) is 1. The SMILES string of the molecule is Cc1ccc(-c2cc(C(=O)N[C@@H](C)c3cnccn3)cc(-n3nnnc3C(C)(F)F)c2)nc1. The van der Waals surface area contributed by atoms with Gasteiger partial charge < -0.3 is 5.32 Å². The van der Waals surface area contributed by atoms with Gasteiger partial charge in [-0.2, -0.15) is 13.5 Å². The number of benzene rings is 1. The lowest BCUT2D eigenvalue weighted by Gasteiger charge is -2.15. The maximum atomic E-state index is 14.1. The van der Waals surface area contributed by atoms with E-state index < -0.39 is 23.7 Å². The molecular weight excluding hydrogens is 430 g/mol. The zero-order valence-corrected chi connectivity index (χ0v) is 18.1. The van der Waals surface area contributed by atoms with Crippen molar-refractivity contribution in [3.8, 4) is 16.9 Å². The van der Waals surface area contributed by atoms with Crippen LogP contribution in [0.1, 0.15) is 47.3 Å². The van der Waals surface area contributed by atoms with Crippen LogP contribution in [0.5, 0.6) is 0 Å². The predicted octanol–water partition coefficient (Wildman–Crippen LogP) is 3.43. The fraction of sp³-hybridized carbons (Fsp3) is 0.227. The average molecular weight is 450 g/mol. The molecule has 0 bridgehead atoms. The molecule has 1 amide bonds. The molecule has 4 rings (SSSR count). The summed E-state index contributed by atoms with van der Waals surface area (Å²) < 4.78 is 29.0. The zero-order chi connectivity index (χ0) is 23.6. The molecule has 1 atom stereocenters. The van der Waals surface area contributed by atoms with Crippen LogP contribution < -0.4 is 5.32 Å². The average Bonchev–Trinajstić information content (AvgIpc) is 3.31. The van der Waals surface area contributed by atoms with Crippen molar-refractivity contribution in [2.75, 3.05) is 0 Å². The monoisotopic (exact) mass is 450 g/mol. The van der Waals surface area contributed by atoms with Gasteiger partial charge in [0.2, 0.25) is 5.82 Å². The van der Waals surface area contributed by atoms with Crippen molar-refractivity contribution in [2.24, 2.45) is 0 Å². The van der Waals surface area contributed by atoms with E-state index in [9.17, 15) is 13.6 Å². The molecule has 0 radical (unpaired) electrons. The minimum atomic E-state index is -3.29. The van der Waals surface area contributed by atoms with Crippen LogP contribution in [-0.2, 0) is 5.92 Å². The Balaban J connectivity index is 1.77. The van der Waals surface area contributed by atoms with Crippen molar-refractivity contribution >= 4 is 5.91 Å². The van der Waals surface area contributed by atoms with Gasteiger partial charge in [-0.25, -0.2) is 0 Å². The number of amides is 1. The van der Waals surface area contributed by atoms with Gasteiger partial charge in [-0.05, 0) is 54.1 Å². The lowest BCUT2D eigenvalue weighted by Crippen LogP contribution is -2.27. The normalized spacial score (nSPS) is 12.4. The number of carbonyl (C=O) groups excluding carboxylic acids is 1. The van der Waals surface area contributed by atoms with Crippen molar-refractivity contribution in [2.45, 2.75) is 32.7 Å². The first kappa shape index (κ1) is 22.1. The Morgan fingerprint density at radius 1 is 1.12 bits per heavy atom. The summed E-state index contributed by atoms with van der Waals surface area (Å²) in [6.45, 7) is 4.37. The van der Waals surface area contributed by atoms with E-state index >= 15 is 0 Å². The van der Waals surface area contributed by atoms with E-state index in [2.05, 4.69) is 35.8 Å². The van der Waals surface area contributed by atoms with Crippen molar-refractivity contribution in [3.63, 3.8) is 0 Å². The quantitative estimate of drug-likeness (QED) is 0.479. The topological polar surface area (TPSA) is 111 Å². The molecule has 0 saturated heterocycles. The van der Waals surface area contributed by atoms with E-state index in [1.807, 2.05) is 13.0 Å². The van der Waals surface area contributed by atoms with Crippen LogP contribution in [0.2, 0.25) is 0 Å². The third kappa shape index (κ3) is 4.86. The number of alkyl halides is 2. The number of aryl methyl sites for hydroxylation is 1. The molecule has 0 spiro atoms. The van der Waals surface area contributed by atoms with Gasteiger partial charge in [0.05, 0.1) is 29.3 Å². The second-order valence-corrected chi connectivity index (χ2v) is 7.62. The molecule has 0 unspecified atom stereocenters. The molecule has 33 heavy (non-hydrogen) atoms. The van der Waals surface area contributed by atoms with Crippen molar-refractivity contribution in [1.82, 2.24) is 40.5 Å². The van der Waals surface area contributed by atoms with E-state index in [4.69, 9.17) is 0 Å². The van der Waals surface area contributed by atoms with E-state index in [1.165, 1.54) is 18.5 Å². The Hall–Kier alpha value is -4.15. The Kier molecular flexibility index (Phi) is 5.86. The van der Waals surface area contributed by atoms with Crippen LogP contribution in [0.3, 0.4) is 0 Å². The summed E-state index contributed by atoms with van der Waals surface area (Å²) in [5.41, 5.74) is 3.08. The molecule has 1 N–H and O–H groups in total. The maximum absolute atomic E-state index is 14.1. The standard InChI is InChI=1S/C22H20F2N8O/c1-13-4-5-18(27-11-13)15-8-16(20(33)28-14(2)19-12-25-6-7-26-19)10-17(9-15)32-21(22(3,23)24)29-30-31-32/h4-12,14H,1-3H3,(H,28,33)/t14-/m0/s1. The van der Waals surface area contributed by atoms with Crippen LogP contribution >= 0.6 is 0 Å². The Bertz CT molecular complexity index is 1270. The number of tetrazole rings is 1. The second-order valence-electron chi connectivity index (χ2n) is 7.62. The summed E-state index contributed by atoms with van der Waals surface area (Å²) in [7, 11) is 0. The molecule has 0 aliphatic heterocycles. The molecule has 0 aliphatic carbocycles. The molecule has 3 heterocycles. The molecular formula is C22H20F2N8O. The van der Waals surface area contributed by atoms with E-state index in [0.29, 0.717) is 23.9 Å². The van der Waals surface area contributed by atoms with Crippen molar-refractivity contribution in [1.29, 1.82) is 0 Å². The maximum Gasteiger partial charge on any atom is 0.305 e. The predicted molar refractivity (Wildman–Crippen MR) is 115 cm³/mol. The number of nitrogens with one attached hydrogen (secondary N) is 1. The highest BCUT2D eigenvalue weighted by Crippen LogP contribution is 2.29. The minimum absolute atomic E-state index is 0.203. The molecule has 3 aromatic heterocycles. The van der Waals surface area contributed by atoms with Gasteiger partial charge in [0.1, 0.15) is 0 Å². The lowest BCUT2D eigenvalue weighted by atomic mass is 10.0. The van der Waals surface area contributed by atoms with Crippen molar-refractivity contribution in [3.05, 3.63) is 77.8 Å². The van der Waals surface area contributed by atoms with Gasteiger partial charge in [-0.15, -0.1) is 5.10 Å². The number of nitrogens with zero attached hydrogens (tertiary/aromatic N) is 7. The molecule has 9 nitrogen and oxygen atoms in total. The fourth-order valence-electron chi connectivity index (χ4n) is 3.17. The van der Waals surface area contributed by atoms with Gasteiger partial charge in [-0.3, -0.25) is 19.7 Å². The van der Waals surface area contributed by atoms with Gasteiger partial charge in [0, 0.05) is 36.6 Å². The van der Waals surface area contributed by atoms with Crippen LogP contribution in [0.15, 0.2) is 55.1 Å². The summed E-state index contributed by atoms with van der Waals surface area (Å²) >= 11 is 0. The highest BCUT2D eigenvalue weighted by Gasteiger charge is 2.33. The molecule has 168 valence electrons. The Morgan fingerprint density at radius 3 is 2.61 bits per heavy atom. The molecule has 4 aromatic rings. The minimum Gasteiger partial charge on any atom is -0.344 e. The number of carbonyl (C=O) groups is 1. The highest BCUT2D eigenvalue weighted by atomic mass is 19.3.